The number of anilines is 2. The first-order chi connectivity index (χ1) is 8.59. The fraction of sp³-hybridized carbons (Fsp3) is 0.133. The van der Waals surface area contributed by atoms with E-state index >= 15 is 0 Å². The number of nitrogen functional groups attached to an aromatic ring is 1. The Kier molecular flexibility index (Phi) is 3.33. The van der Waals surface area contributed by atoms with Gasteiger partial charge in [0.15, 0.2) is 0 Å². The van der Waals surface area contributed by atoms with Gasteiger partial charge in [0.05, 0.1) is 0 Å². The zero-order valence-corrected chi connectivity index (χ0v) is 10.6. The van der Waals surface area contributed by atoms with E-state index in [9.17, 15) is 4.79 Å². The van der Waals surface area contributed by atoms with Gasteiger partial charge >= 0.3 is 0 Å². The molecule has 0 saturated carbocycles. The van der Waals surface area contributed by atoms with Crippen molar-refractivity contribution >= 4 is 17.3 Å². The van der Waals surface area contributed by atoms with E-state index in [1.807, 2.05) is 43.3 Å². The minimum Gasteiger partial charge on any atom is -0.399 e. The van der Waals surface area contributed by atoms with Gasteiger partial charge in [0.1, 0.15) is 0 Å². The molecule has 0 aliphatic carbocycles. The van der Waals surface area contributed by atoms with E-state index in [2.05, 4.69) is 0 Å². The number of hydrogen-bond donors (Lipinski definition) is 1. The van der Waals surface area contributed by atoms with Crippen LogP contribution in [0.5, 0.6) is 0 Å². The van der Waals surface area contributed by atoms with Crippen molar-refractivity contribution in [2.75, 3.05) is 17.7 Å². The van der Waals surface area contributed by atoms with Crippen LogP contribution in [0.2, 0.25) is 0 Å². The van der Waals surface area contributed by atoms with Crippen molar-refractivity contribution in [3.63, 3.8) is 0 Å². The molecule has 0 aliphatic rings. The highest BCUT2D eigenvalue weighted by molar-refractivity contribution is 6.06. The number of rotatable bonds is 2. The number of hydrogen-bond acceptors (Lipinski definition) is 2. The summed E-state index contributed by atoms with van der Waals surface area (Å²) >= 11 is 0. The zero-order chi connectivity index (χ0) is 13.1. The Labute approximate surface area is 107 Å². The molecule has 0 atom stereocenters. The van der Waals surface area contributed by atoms with Gasteiger partial charge in [0.2, 0.25) is 0 Å². The first-order valence-electron chi connectivity index (χ1n) is 5.79. The van der Waals surface area contributed by atoms with Crippen LogP contribution in [0.15, 0.2) is 48.5 Å². The molecule has 0 fully saturated rings. The number of carbonyl (C=O) groups excluding carboxylic acids is 1. The van der Waals surface area contributed by atoms with Crippen molar-refractivity contribution in [3.05, 3.63) is 59.7 Å². The van der Waals surface area contributed by atoms with Crippen LogP contribution in [0.25, 0.3) is 0 Å². The van der Waals surface area contributed by atoms with Crippen molar-refractivity contribution in [1.29, 1.82) is 0 Å². The molecular weight excluding hydrogens is 224 g/mol. The van der Waals surface area contributed by atoms with E-state index in [0.717, 1.165) is 16.8 Å². The van der Waals surface area contributed by atoms with Gasteiger partial charge in [0.25, 0.3) is 5.91 Å². The van der Waals surface area contributed by atoms with Crippen LogP contribution >= 0.6 is 0 Å². The quantitative estimate of drug-likeness (QED) is 0.820. The molecule has 0 spiro atoms. The lowest BCUT2D eigenvalue weighted by atomic mass is 10.1. The Bertz CT molecular complexity index is 561. The van der Waals surface area contributed by atoms with Crippen molar-refractivity contribution in [2.45, 2.75) is 6.92 Å². The SMILES string of the molecule is Cc1ccccc1C(=O)N(C)c1ccc(N)cc1. The molecule has 0 saturated heterocycles. The molecule has 92 valence electrons. The van der Waals surface area contributed by atoms with Crippen LogP contribution in [0, 0.1) is 6.92 Å². The molecule has 0 radical (unpaired) electrons. The fourth-order valence-electron chi connectivity index (χ4n) is 1.81. The molecule has 2 aromatic rings. The Morgan fingerprint density at radius 2 is 1.67 bits per heavy atom. The monoisotopic (exact) mass is 240 g/mol. The van der Waals surface area contributed by atoms with Gasteiger partial charge in [-0.2, -0.15) is 0 Å². The Morgan fingerprint density at radius 3 is 2.28 bits per heavy atom. The predicted molar refractivity (Wildman–Crippen MR) is 74.8 cm³/mol. The van der Waals surface area contributed by atoms with Crippen molar-refractivity contribution in [1.82, 2.24) is 0 Å². The highest BCUT2D eigenvalue weighted by atomic mass is 16.2. The summed E-state index contributed by atoms with van der Waals surface area (Å²) in [5.74, 6) is -0.0159. The zero-order valence-electron chi connectivity index (χ0n) is 10.6. The highest BCUT2D eigenvalue weighted by Gasteiger charge is 2.14. The van der Waals surface area contributed by atoms with Crippen molar-refractivity contribution in [3.8, 4) is 0 Å². The average Bonchev–Trinajstić information content (AvgIpc) is 2.38. The Morgan fingerprint density at radius 1 is 1.06 bits per heavy atom. The second kappa shape index (κ2) is 4.92. The molecular formula is C15H16N2O. The summed E-state index contributed by atoms with van der Waals surface area (Å²) in [6.07, 6.45) is 0. The van der Waals surface area contributed by atoms with Gasteiger partial charge < -0.3 is 10.6 Å². The van der Waals surface area contributed by atoms with Crippen LogP contribution in [-0.4, -0.2) is 13.0 Å². The van der Waals surface area contributed by atoms with Crippen LogP contribution in [0.4, 0.5) is 11.4 Å². The number of amides is 1. The number of aryl methyl sites for hydroxylation is 1. The smallest absolute Gasteiger partial charge is 0.258 e. The third kappa shape index (κ3) is 2.35. The second-order valence-corrected chi connectivity index (χ2v) is 4.27. The molecule has 2 aromatic carbocycles. The van der Waals surface area contributed by atoms with E-state index in [1.165, 1.54) is 0 Å². The van der Waals surface area contributed by atoms with E-state index in [0.29, 0.717) is 5.69 Å². The third-order valence-corrected chi connectivity index (χ3v) is 2.96. The predicted octanol–water partition coefficient (Wildman–Crippen LogP) is 2.85. The number of carbonyl (C=O) groups is 1. The largest absolute Gasteiger partial charge is 0.399 e. The van der Waals surface area contributed by atoms with Gasteiger partial charge in [-0.05, 0) is 42.8 Å². The van der Waals surface area contributed by atoms with Gasteiger partial charge in [-0.3, -0.25) is 4.79 Å². The summed E-state index contributed by atoms with van der Waals surface area (Å²) in [5.41, 5.74) is 8.85. The fourth-order valence-corrected chi connectivity index (χ4v) is 1.81. The first-order valence-corrected chi connectivity index (χ1v) is 5.79. The normalized spacial score (nSPS) is 10.1. The summed E-state index contributed by atoms with van der Waals surface area (Å²) in [4.78, 5) is 14.0. The third-order valence-electron chi connectivity index (χ3n) is 2.96. The lowest BCUT2D eigenvalue weighted by Crippen LogP contribution is -2.26. The second-order valence-electron chi connectivity index (χ2n) is 4.27. The number of nitrogens with two attached hydrogens (primary N) is 1. The van der Waals surface area contributed by atoms with Crippen LogP contribution in [-0.2, 0) is 0 Å². The number of benzene rings is 2. The first kappa shape index (κ1) is 12.2. The molecule has 18 heavy (non-hydrogen) atoms. The molecule has 0 heterocycles. The van der Waals surface area contributed by atoms with E-state index in [-0.39, 0.29) is 5.91 Å². The maximum atomic E-state index is 12.3. The molecule has 2 rings (SSSR count). The Hall–Kier alpha value is -2.29. The maximum Gasteiger partial charge on any atom is 0.258 e. The van der Waals surface area contributed by atoms with Crippen LogP contribution < -0.4 is 10.6 Å². The summed E-state index contributed by atoms with van der Waals surface area (Å²) in [6, 6.07) is 14.8. The van der Waals surface area contributed by atoms with E-state index < -0.39 is 0 Å². The summed E-state index contributed by atoms with van der Waals surface area (Å²) < 4.78 is 0. The van der Waals surface area contributed by atoms with E-state index in [1.54, 1.807) is 24.1 Å². The van der Waals surface area contributed by atoms with E-state index in [4.69, 9.17) is 5.73 Å². The van der Waals surface area contributed by atoms with Gasteiger partial charge in [-0.25, -0.2) is 0 Å². The van der Waals surface area contributed by atoms with Crippen LogP contribution in [0.3, 0.4) is 0 Å². The average molecular weight is 240 g/mol. The topological polar surface area (TPSA) is 46.3 Å². The molecule has 1 amide bonds. The summed E-state index contributed by atoms with van der Waals surface area (Å²) in [7, 11) is 1.76. The molecule has 2 N–H and O–H groups in total. The maximum absolute atomic E-state index is 12.3. The molecule has 3 heteroatoms. The lowest BCUT2D eigenvalue weighted by molar-refractivity contribution is 0.0992. The van der Waals surface area contributed by atoms with Gasteiger partial charge in [-0.1, -0.05) is 18.2 Å². The standard InChI is InChI=1S/C15H16N2O/c1-11-5-3-4-6-14(11)15(18)17(2)13-9-7-12(16)8-10-13/h3-10H,16H2,1-2H3. The van der Waals surface area contributed by atoms with Crippen molar-refractivity contribution < 1.29 is 4.79 Å². The Balaban J connectivity index is 2.29. The molecule has 3 nitrogen and oxygen atoms in total. The van der Waals surface area contributed by atoms with Crippen LogP contribution in [0.1, 0.15) is 15.9 Å². The summed E-state index contributed by atoms with van der Waals surface area (Å²) in [6.45, 7) is 1.93. The summed E-state index contributed by atoms with van der Waals surface area (Å²) in [5, 5.41) is 0. The van der Waals surface area contributed by atoms with Crippen molar-refractivity contribution in [2.24, 2.45) is 0 Å². The van der Waals surface area contributed by atoms with Gasteiger partial charge in [0, 0.05) is 24.0 Å². The molecule has 0 aliphatic heterocycles. The highest BCUT2D eigenvalue weighted by Crippen LogP contribution is 2.18. The molecule has 0 bridgehead atoms. The lowest BCUT2D eigenvalue weighted by Gasteiger charge is -2.18. The molecule has 0 unspecified atom stereocenters. The molecule has 0 aromatic heterocycles. The minimum absolute atomic E-state index is 0.0159. The number of nitrogens with zero attached hydrogens (tertiary/aromatic N) is 1. The van der Waals surface area contributed by atoms with Gasteiger partial charge in [-0.15, -0.1) is 0 Å². The minimum atomic E-state index is -0.0159.